The smallest absolute Gasteiger partial charge is 0.338 e. The Kier molecular flexibility index (Phi) is 5.66. The van der Waals surface area contributed by atoms with Gasteiger partial charge in [0.05, 0.1) is 5.56 Å². The third-order valence-corrected chi connectivity index (χ3v) is 4.82. The van der Waals surface area contributed by atoms with Crippen LogP contribution in [0.3, 0.4) is 0 Å². The van der Waals surface area contributed by atoms with Crippen molar-refractivity contribution in [2.45, 2.75) is 32.2 Å². The highest BCUT2D eigenvalue weighted by atomic mass is 16.7. The van der Waals surface area contributed by atoms with Crippen LogP contribution in [-0.4, -0.2) is 18.2 Å². The fraction of sp³-hybridized carbons (Fsp3) is 0.222. The molecular formula is C27H26O5. The number of esters is 1. The number of hydrogen-bond acceptors (Lipinski definition) is 5. The molecule has 164 valence electrons. The van der Waals surface area contributed by atoms with E-state index in [0.717, 1.165) is 11.1 Å². The van der Waals surface area contributed by atoms with E-state index >= 15 is 0 Å². The topological polar surface area (TPSA) is 54.0 Å². The van der Waals surface area contributed by atoms with Gasteiger partial charge in [-0.05, 0) is 32.9 Å². The summed E-state index contributed by atoms with van der Waals surface area (Å²) in [5.41, 5.74) is 1.32. The van der Waals surface area contributed by atoms with Crippen LogP contribution in [-0.2, 0) is 10.5 Å². The van der Waals surface area contributed by atoms with Crippen LogP contribution in [0.1, 0.15) is 42.3 Å². The van der Waals surface area contributed by atoms with Crippen molar-refractivity contribution < 1.29 is 23.7 Å². The van der Waals surface area contributed by atoms with Crippen LogP contribution in [0.15, 0.2) is 85.5 Å². The van der Waals surface area contributed by atoms with Crippen molar-refractivity contribution in [3.8, 4) is 17.2 Å². The summed E-state index contributed by atoms with van der Waals surface area (Å²) in [6.45, 7) is 9.42. The highest BCUT2D eigenvalue weighted by Gasteiger charge is 2.47. The number of carbonyl (C=O) groups excluding carboxylic acids is 1. The summed E-state index contributed by atoms with van der Waals surface area (Å²) in [6, 6.07) is 22.6. The lowest BCUT2D eigenvalue weighted by atomic mass is 9.97. The van der Waals surface area contributed by atoms with E-state index in [0.29, 0.717) is 22.8 Å². The molecule has 0 aromatic heterocycles. The maximum absolute atomic E-state index is 12.8. The first kappa shape index (κ1) is 21.5. The quantitative estimate of drug-likeness (QED) is 0.361. The number of carbonyl (C=O) groups is 1. The van der Waals surface area contributed by atoms with Gasteiger partial charge in [-0.2, -0.15) is 0 Å². The Morgan fingerprint density at radius 1 is 0.969 bits per heavy atom. The van der Waals surface area contributed by atoms with Gasteiger partial charge in [-0.3, -0.25) is 0 Å². The standard InChI is InChI=1S/C27H26O5/c1-5-16-29-22-17-19(25(28)32-26(2,3)4)18-23-24(22)31-27(30-23,20-12-8-6-9-13-20)21-14-10-7-11-15-21/h5-15,17-18H,1,16H2,2-4H3. The molecule has 5 nitrogen and oxygen atoms in total. The van der Waals surface area contributed by atoms with Crippen LogP contribution in [0.25, 0.3) is 0 Å². The Hall–Kier alpha value is -3.73. The van der Waals surface area contributed by atoms with Gasteiger partial charge in [-0.1, -0.05) is 73.3 Å². The summed E-state index contributed by atoms with van der Waals surface area (Å²) in [7, 11) is 0. The zero-order valence-electron chi connectivity index (χ0n) is 18.5. The van der Waals surface area contributed by atoms with Gasteiger partial charge in [-0.25, -0.2) is 4.79 Å². The molecule has 0 radical (unpaired) electrons. The van der Waals surface area contributed by atoms with Crippen LogP contribution in [0.5, 0.6) is 17.2 Å². The normalized spacial score (nSPS) is 14.0. The van der Waals surface area contributed by atoms with Gasteiger partial charge in [0.25, 0.3) is 0 Å². The Morgan fingerprint density at radius 2 is 1.56 bits per heavy atom. The number of hydrogen-bond donors (Lipinski definition) is 0. The summed E-state index contributed by atoms with van der Waals surface area (Å²) in [5, 5.41) is 0. The largest absolute Gasteiger partial charge is 0.485 e. The molecule has 32 heavy (non-hydrogen) atoms. The zero-order chi connectivity index (χ0) is 22.8. The first-order chi connectivity index (χ1) is 15.3. The lowest BCUT2D eigenvalue weighted by Gasteiger charge is -2.28. The maximum Gasteiger partial charge on any atom is 0.338 e. The highest BCUT2D eigenvalue weighted by molar-refractivity contribution is 5.91. The molecule has 3 aromatic rings. The van der Waals surface area contributed by atoms with E-state index < -0.39 is 17.4 Å². The molecule has 3 aromatic carbocycles. The van der Waals surface area contributed by atoms with E-state index in [2.05, 4.69) is 6.58 Å². The van der Waals surface area contributed by atoms with Crippen LogP contribution < -0.4 is 14.2 Å². The summed E-state index contributed by atoms with van der Waals surface area (Å²) in [6.07, 6.45) is 1.63. The number of rotatable bonds is 6. The van der Waals surface area contributed by atoms with Crippen molar-refractivity contribution in [2.24, 2.45) is 0 Å². The van der Waals surface area contributed by atoms with Crippen molar-refractivity contribution in [3.63, 3.8) is 0 Å². The molecule has 0 spiro atoms. The summed E-state index contributed by atoms with van der Waals surface area (Å²) in [4.78, 5) is 12.8. The van der Waals surface area contributed by atoms with Gasteiger partial charge in [-0.15, -0.1) is 0 Å². The van der Waals surface area contributed by atoms with Crippen LogP contribution >= 0.6 is 0 Å². The summed E-state index contributed by atoms with van der Waals surface area (Å²) < 4.78 is 24.4. The molecular weight excluding hydrogens is 404 g/mol. The molecule has 0 fully saturated rings. The Morgan fingerprint density at radius 3 is 2.09 bits per heavy atom. The number of fused-ring (bicyclic) bond motifs is 1. The van der Waals surface area contributed by atoms with E-state index in [1.165, 1.54) is 0 Å². The Labute approximate surface area is 188 Å². The predicted molar refractivity (Wildman–Crippen MR) is 122 cm³/mol. The predicted octanol–water partition coefficient (Wildman–Crippen LogP) is 5.88. The fourth-order valence-electron chi connectivity index (χ4n) is 3.50. The molecule has 0 bridgehead atoms. The average Bonchev–Trinajstić information content (AvgIpc) is 3.18. The van der Waals surface area contributed by atoms with E-state index in [4.69, 9.17) is 18.9 Å². The molecule has 0 saturated carbocycles. The first-order valence-electron chi connectivity index (χ1n) is 10.5. The van der Waals surface area contributed by atoms with Crippen LogP contribution in [0.2, 0.25) is 0 Å². The number of benzene rings is 3. The van der Waals surface area contributed by atoms with Crippen molar-refractivity contribution in [1.82, 2.24) is 0 Å². The molecule has 4 rings (SSSR count). The Balaban J connectivity index is 1.83. The second kappa shape index (κ2) is 8.42. The minimum absolute atomic E-state index is 0.247. The maximum atomic E-state index is 12.8. The molecule has 0 aliphatic carbocycles. The summed E-state index contributed by atoms with van der Waals surface area (Å²) >= 11 is 0. The van der Waals surface area contributed by atoms with E-state index in [-0.39, 0.29) is 6.61 Å². The first-order valence-corrected chi connectivity index (χ1v) is 10.5. The van der Waals surface area contributed by atoms with Gasteiger partial charge in [0, 0.05) is 11.1 Å². The van der Waals surface area contributed by atoms with Crippen molar-refractivity contribution in [3.05, 3.63) is 102 Å². The average molecular weight is 431 g/mol. The lowest BCUT2D eigenvalue weighted by Crippen LogP contribution is -2.36. The minimum Gasteiger partial charge on any atom is -0.485 e. The lowest BCUT2D eigenvalue weighted by molar-refractivity contribution is -0.0468. The molecule has 1 aliphatic heterocycles. The van der Waals surface area contributed by atoms with Gasteiger partial charge >= 0.3 is 11.8 Å². The van der Waals surface area contributed by atoms with E-state index in [9.17, 15) is 4.79 Å². The molecule has 0 unspecified atom stereocenters. The van der Waals surface area contributed by atoms with E-state index in [1.54, 1.807) is 18.2 Å². The molecule has 0 atom stereocenters. The zero-order valence-corrected chi connectivity index (χ0v) is 18.5. The number of ether oxygens (including phenoxy) is 4. The van der Waals surface area contributed by atoms with Crippen molar-refractivity contribution in [2.75, 3.05) is 6.61 Å². The van der Waals surface area contributed by atoms with Gasteiger partial charge in [0.15, 0.2) is 11.5 Å². The molecule has 0 saturated heterocycles. The summed E-state index contributed by atoms with van der Waals surface area (Å²) in [5.74, 6) is -0.475. The monoisotopic (exact) mass is 430 g/mol. The molecule has 1 heterocycles. The van der Waals surface area contributed by atoms with Gasteiger partial charge in [0.2, 0.25) is 5.75 Å². The Bertz CT molecular complexity index is 1070. The van der Waals surface area contributed by atoms with Gasteiger partial charge in [0.1, 0.15) is 12.2 Å². The second-order valence-corrected chi connectivity index (χ2v) is 8.46. The van der Waals surface area contributed by atoms with Crippen molar-refractivity contribution in [1.29, 1.82) is 0 Å². The third kappa shape index (κ3) is 4.19. The minimum atomic E-state index is -1.22. The van der Waals surface area contributed by atoms with Crippen LogP contribution in [0.4, 0.5) is 0 Å². The molecule has 5 heteroatoms. The second-order valence-electron chi connectivity index (χ2n) is 8.46. The third-order valence-electron chi connectivity index (χ3n) is 4.82. The van der Waals surface area contributed by atoms with Crippen LogP contribution in [0, 0.1) is 0 Å². The highest BCUT2D eigenvalue weighted by Crippen LogP contribution is 2.52. The molecule has 0 N–H and O–H groups in total. The fourth-order valence-corrected chi connectivity index (χ4v) is 3.50. The van der Waals surface area contributed by atoms with Crippen molar-refractivity contribution >= 4 is 5.97 Å². The van der Waals surface area contributed by atoms with E-state index in [1.807, 2.05) is 81.4 Å². The van der Waals surface area contributed by atoms with Gasteiger partial charge < -0.3 is 18.9 Å². The molecule has 0 amide bonds. The molecule has 1 aliphatic rings. The SMILES string of the molecule is C=CCOc1cc(C(=O)OC(C)(C)C)cc2c1OC(c1ccccc1)(c1ccccc1)O2.